The SMILES string of the molecule is Cc1cccc(C)c1Oc1ccc(NC(=O)/C=C/CN(C)C)cc1-c1cn(C)c(=O)c2ccccc12. The van der Waals surface area contributed by atoms with Crippen molar-refractivity contribution in [3.8, 4) is 22.6 Å². The van der Waals surface area contributed by atoms with Crippen LogP contribution in [0.15, 0.2) is 83.8 Å². The second kappa shape index (κ2) is 10.6. The Morgan fingerprint density at radius 1 is 0.972 bits per heavy atom. The molecule has 0 saturated carbocycles. The van der Waals surface area contributed by atoms with Gasteiger partial charge < -0.3 is 19.5 Å². The maximum absolute atomic E-state index is 12.8. The van der Waals surface area contributed by atoms with E-state index in [-0.39, 0.29) is 11.5 Å². The first-order valence-corrected chi connectivity index (χ1v) is 11.8. The third-order valence-corrected chi connectivity index (χ3v) is 5.99. The number of carbonyl (C=O) groups is 1. The van der Waals surface area contributed by atoms with Gasteiger partial charge in [0.1, 0.15) is 11.5 Å². The van der Waals surface area contributed by atoms with E-state index in [2.05, 4.69) is 5.32 Å². The van der Waals surface area contributed by atoms with Crippen LogP contribution in [0.4, 0.5) is 5.69 Å². The summed E-state index contributed by atoms with van der Waals surface area (Å²) in [6.07, 6.45) is 5.16. The molecule has 3 aromatic carbocycles. The van der Waals surface area contributed by atoms with Crippen LogP contribution in [0.2, 0.25) is 0 Å². The molecule has 0 radical (unpaired) electrons. The van der Waals surface area contributed by atoms with E-state index in [0.29, 0.717) is 23.4 Å². The second-order valence-electron chi connectivity index (χ2n) is 9.19. The molecule has 4 aromatic rings. The van der Waals surface area contributed by atoms with Gasteiger partial charge in [0.25, 0.3) is 5.56 Å². The number of anilines is 1. The molecule has 1 heterocycles. The van der Waals surface area contributed by atoms with Gasteiger partial charge in [0, 0.05) is 48.1 Å². The van der Waals surface area contributed by atoms with Crippen LogP contribution in [0, 0.1) is 13.8 Å². The predicted molar refractivity (Wildman–Crippen MR) is 147 cm³/mol. The van der Waals surface area contributed by atoms with Gasteiger partial charge in [-0.3, -0.25) is 9.59 Å². The number of rotatable bonds is 7. The summed E-state index contributed by atoms with van der Waals surface area (Å²) in [5.41, 5.74) is 4.23. The minimum absolute atomic E-state index is 0.0675. The van der Waals surface area contributed by atoms with Gasteiger partial charge in [-0.05, 0) is 68.7 Å². The lowest BCUT2D eigenvalue weighted by Crippen LogP contribution is -2.16. The second-order valence-corrected chi connectivity index (χ2v) is 9.19. The number of hydrogen-bond donors (Lipinski definition) is 1. The smallest absolute Gasteiger partial charge is 0.258 e. The van der Waals surface area contributed by atoms with Crippen LogP contribution >= 0.6 is 0 Å². The Balaban J connectivity index is 1.85. The van der Waals surface area contributed by atoms with Crippen LogP contribution in [-0.4, -0.2) is 36.0 Å². The van der Waals surface area contributed by atoms with E-state index >= 15 is 0 Å². The zero-order chi connectivity index (χ0) is 25.8. The van der Waals surface area contributed by atoms with E-state index in [1.54, 1.807) is 11.6 Å². The lowest BCUT2D eigenvalue weighted by molar-refractivity contribution is -0.111. The van der Waals surface area contributed by atoms with Crippen molar-refractivity contribution in [2.75, 3.05) is 26.0 Å². The van der Waals surface area contributed by atoms with E-state index in [4.69, 9.17) is 4.74 Å². The summed E-state index contributed by atoms with van der Waals surface area (Å²) >= 11 is 0. The molecule has 4 rings (SSSR count). The van der Waals surface area contributed by atoms with Gasteiger partial charge in [0.15, 0.2) is 0 Å². The van der Waals surface area contributed by atoms with Gasteiger partial charge in [-0.25, -0.2) is 0 Å². The Morgan fingerprint density at radius 2 is 1.67 bits per heavy atom. The topological polar surface area (TPSA) is 63.6 Å². The molecule has 0 saturated heterocycles. The molecule has 0 fully saturated rings. The number of para-hydroxylation sites is 1. The first-order chi connectivity index (χ1) is 17.2. The van der Waals surface area contributed by atoms with E-state index in [0.717, 1.165) is 33.4 Å². The fraction of sp³-hybridized carbons (Fsp3) is 0.200. The molecule has 0 aliphatic rings. The molecule has 0 spiro atoms. The molecule has 0 aliphatic carbocycles. The minimum Gasteiger partial charge on any atom is -0.456 e. The molecule has 1 amide bonds. The number of hydrogen-bond acceptors (Lipinski definition) is 4. The summed E-state index contributed by atoms with van der Waals surface area (Å²) in [6.45, 7) is 4.70. The Kier molecular flexibility index (Phi) is 7.36. The molecule has 6 nitrogen and oxygen atoms in total. The molecule has 1 aromatic heterocycles. The van der Waals surface area contributed by atoms with Gasteiger partial charge in [0.05, 0.1) is 0 Å². The normalized spacial score (nSPS) is 11.4. The average Bonchev–Trinajstić information content (AvgIpc) is 2.84. The summed E-state index contributed by atoms with van der Waals surface area (Å²) in [4.78, 5) is 27.3. The van der Waals surface area contributed by atoms with Gasteiger partial charge >= 0.3 is 0 Å². The molecule has 0 bridgehead atoms. The Hall–Kier alpha value is -4.16. The van der Waals surface area contributed by atoms with Crippen LogP contribution in [0.25, 0.3) is 21.9 Å². The number of nitrogens with one attached hydrogen (secondary N) is 1. The van der Waals surface area contributed by atoms with Crippen molar-refractivity contribution < 1.29 is 9.53 Å². The molecule has 0 unspecified atom stereocenters. The maximum atomic E-state index is 12.8. The van der Waals surface area contributed by atoms with Crippen molar-refractivity contribution in [1.29, 1.82) is 0 Å². The number of aromatic nitrogens is 1. The van der Waals surface area contributed by atoms with Gasteiger partial charge in [-0.2, -0.15) is 0 Å². The monoisotopic (exact) mass is 481 g/mol. The van der Waals surface area contributed by atoms with Gasteiger partial charge in [0.2, 0.25) is 5.91 Å². The number of aryl methyl sites for hydroxylation is 3. The molecule has 184 valence electrons. The third kappa shape index (κ3) is 5.39. The predicted octanol–water partition coefficient (Wildman–Crippen LogP) is 5.67. The Labute approximate surface area is 211 Å². The molecule has 0 aliphatic heterocycles. The highest BCUT2D eigenvalue weighted by atomic mass is 16.5. The van der Waals surface area contributed by atoms with E-state index < -0.39 is 0 Å². The highest BCUT2D eigenvalue weighted by Crippen LogP contribution is 2.39. The zero-order valence-electron chi connectivity index (χ0n) is 21.3. The van der Waals surface area contributed by atoms with Crippen LogP contribution < -0.4 is 15.6 Å². The van der Waals surface area contributed by atoms with E-state index in [9.17, 15) is 9.59 Å². The molecule has 36 heavy (non-hydrogen) atoms. The highest BCUT2D eigenvalue weighted by Gasteiger charge is 2.16. The molecule has 1 N–H and O–H groups in total. The Morgan fingerprint density at radius 3 is 2.36 bits per heavy atom. The van der Waals surface area contributed by atoms with Crippen LogP contribution in [0.1, 0.15) is 11.1 Å². The highest BCUT2D eigenvalue weighted by molar-refractivity contribution is 6.01. The fourth-order valence-corrected chi connectivity index (χ4v) is 4.16. The first kappa shape index (κ1) is 24.9. The summed E-state index contributed by atoms with van der Waals surface area (Å²) in [5, 5.41) is 4.39. The first-order valence-electron chi connectivity index (χ1n) is 11.8. The van der Waals surface area contributed by atoms with Crippen LogP contribution in [-0.2, 0) is 11.8 Å². The molecular weight excluding hydrogens is 450 g/mol. The van der Waals surface area contributed by atoms with Crippen molar-refractivity contribution in [2.24, 2.45) is 7.05 Å². The summed E-state index contributed by atoms with van der Waals surface area (Å²) in [7, 11) is 5.63. The lowest BCUT2D eigenvalue weighted by atomic mass is 9.99. The third-order valence-electron chi connectivity index (χ3n) is 5.99. The lowest BCUT2D eigenvalue weighted by Gasteiger charge is -2.18. The quantitative estimate of drug-likeness (QED) is 0.346. The largest absolute Gasteiger partial charge is 0.456 e. The standard InChI is InChI=1S/C30H31N3O3/c1-20-10-8-11-21(2)29(20)36-27-16-15-22(31-28(34)14-9-17-32(3)4)18-25(27)26-19-33(5)30(35)24-13-7-6-12-23(24)26/h6-16,18-19H,17H2,1-5H3,(H,31,34)/b14-9+. The van der Waals surface area contributed by atoms with Crippen molar-refractivity contribution in [3.63, 3.8) is 0 Å². The van der Waals surface area contributed by atoms with Crippen LogP contribution in [0.5, 0.6) is 11.5 Å². The Bertz CT molecular complexity index is 1500. The number of fused-ring (bicyclic) bond motifs is 1. The fourth-order valence-electron chi connectivity index (χ4n) is 4.16. The number of nitrogens with zero attached hydrogens (tertiary/aromatic N) is 2. The van der Waals surface area contributed by atoms with E-state index in [1.807, 2.05) is 106 Å². The number of ether oxygens (including phenoxy) is 1. The number of likely N-dealkylation sites (N-methyl/N-ethyl adjacent to an activating group) is 1. The van der Waals surface area contributed by atoms with Crippen molar-refractivity contribution in [3.05, 3.63) is 100 Å². The van der Waals surface area contributed by atoms with Crippen molar-refractivity contribution in [1.82, 2.24) is 9.47 Å². The van der Waals surface area contributed by atoms with Crippen molar-refractivity contribution in [2.45, 2.75) is 13.8 Å². The van der Waals surface area contributed by atoms with E-state index in [1.165, 1.54) is 6.08 Å². The summed E-state index contributed by atoms with van der Waals surface area (Å²) in [5.74, 6) is 1.21. The number of amides is 1. The van der Waals surface area contributed by atoms with Crippen molar-refractivity contribution >= 4 is 22.4 Å². The minimum atomic E-state index is -0.212. The maximum Gasteiger partial charge on any atom is 0.258 e. The van der Waals surface area contributed by atoms with Gasteiger partial charge in [-0.15, -0.1) is 0 Å². The van der Waals surface area contributed by atoms with Gasteiger partial charge in [-0.1, -0.05) is 42.5 Å². The molecule has 6 heteroatoms. The summed E-state index contributed by atoms with van der Waals surface area (Å²) < 4.78 is 8.06. The average molecular weight is 482 g/mol. The number of pyridine rings is 1. The number of carbonyl (C=O) groups excluding carboxylic acids is 1. The summed E-state index contributed by atoms with van der Waals surface area (Å²) in [6, 6.07) is 19.1. The molecular formula is C30H31N3O3. The number of benzene rings is 3. The molecule has 0 atom stereocenters. The van der Waals surface area contributed by atoms with Crippen LogP contribution in [0.3, 0.4) is 0 Å². The zero-order valence-corrected chi connectivity index (χ0v) is 21.3.